The topological polar surface area (TPSA) is 38.9 Å². The lowest BCUT2D eigenvalue weighted by molar-refractivity contribution is 0.718. The fourth-order valence-electron chi connectivity index (χ4n) is 1.54. The van der Waals surface area contributed by atoms with Gasteiger partial charge < -0.3 is 5.73 Å². The maximum absolute atomic E-state index is 6.12. The van der Waals surface area contributed by atoms with Gasteiger partial charge in [-0.2, -0.15) is 0 Å². The minimum Gasteiger partial charge on any atom is -0.324 e. The third kappa shape index (κ3) is 3.19. The van der Waals surface area contributed by atoms with Crippen LogP contribution in [0.1, 0.15) is 21.5 Å². The molecule has 2 aromatic rings. The highest BCUT2D eigenvalue weighted by Crippen LogP contribution is 2.26. The second kappa shape index (κ2) is 5.36. The Hall–Kier alpha value is -0.610. The van der Waals surface area contributed by atoms with E-state index >= 15 is 0 Å². The summed E-state index contributed by atoms with van der Waals surface area (Å²) in [7, 11) is 0. The van der Waals surface area contributed by atoms with Gasteiger partial charge in [-0.3, -0.25) is 0 Å². The van der Waals surface area contributed by atoms with Crippen molar-refractivity contribution in [3.05, 3.63) is 49.9 Å². The van der Waals surface area contributed by atoms with Gasteiger partial charge in [-0.25, -0.2) is 4.98 Å². The van der Waals surface area contributed by atoms with Crippen LogP contribution in [0.2, 0.25) is 10.0 Å². The number of benzene rings is 1. The first-order valence-electron chi connectivity index (χ1n) is 5.18. The molecule has 0 radical (unpaired) electrons. The molecule has 0 aliphatic carbocycles. The zero-order valence-electron chi connectivity index (χ0n) is 9.28. The third-order valence-corrected chi connectivity index (χ3v) is 4.11. The van der Waals surface area contributed by atoms with E-state index < -0.39 is 0 Å². The molecule has 1 atom stereocenters. The van der Waals surface area contributed by atoms with Gasteiger partial charge in [-0.1, -0.05) is 29.3 Å². The molecular formula is C12H12Cl2N2S. The molecule has 0 aliphatic heterocycles. The molecule has 0 fully saturated rings. The van der Waals surface area contributed by atoms with Crippen LogP contribution in [0.5, 0.6) is 0 Å². The number of rotatable bonds is 3. The average Bonchev–Trinajstić information content (AvgIpc) is 2.68. The molecule has 0 saturated heterocycles. The van der Waals surface area contributed by atoms with Gasteiger partial charge in [0, 0.05) is 23.5 Å². The minimum absolute atomic E-state index is 0.102. The molecule has 2 rings (SSSR count). The molecule has 1 unspecified atom stereocenters. The second-order valence-electron chi connectivity index (χ2n) is 3.85. The van der Waals surface area contributed by atoms with Gasteiger partial charge in [-0.15, -0.1) is 11.3 Å². The number of halogens is 2. The molecule has 2 N–H and O–H groups in total. The number of aromatic nitrogens is 1. The van der Waals surface area contributed by atoms with Crippen molar-refractivity contribution >= 4 is 34.5 Å². The maximum atomic E-state index is 6.12. The lowest BCUT2D eigenvalue weighted by Gasteiger charge is -2.11. The van der Waals surface area contributed by atoms with E-state index in [-0.39, 0.29) is 6.04 Å². The van der Waals surface area contributed by atoms with Crippen LogP contribution in [0.3, 0.4) is 0 Å². The zero-order valence-corrected chi connectivity index (χ0v) is 11.6. The van der Waals surface area contributed by atoms with E-state index in [0.29, 0.717) is 10.0 Å². The van der Waals surface area contributed by atoms with Crippen molar-refractivity contribution in [2.24, 2.45) is 5.73 Å². The predicted molar refractivity (Wildman–Crippen MR) is 73.9 cm³/mol. The van der Waals surface area contributed by atoms with Gasteiger partial charge in [0.1, 0.15) is 0 Å². The van der Waals surface area contributed by atoms with Crippen LogP contribution in [-0.4, -0.2) is 4.98 Å². The lowest BCUT2D eigenvalue weighted by atomic mass is 10.1. The summed E-state index contributed by atoms with van der Waals surface area (Å²) in [6, 6.07) is 5.39. The van der Waals surface area contributed by atoms with E-state index in [9.17, 15) is 0 Å². The van der Waals surface area contributed by atoms with Crippen molar-refractivity contribution in [1.29, 1.82) is 0 Å². The van der Waals surface area contributed by atoms with Crippen molar-refractivity contribution in [1.82, 2.24) is 4.98 Å². The number of hydrogen-bond donors (Lipinski definition) is 1. The first kappa shape index (κ1) is 12.8. The molecule has 1 aromatic heterocycles. The van der Waals surface area contributed by atoms with E-state index in [4.69, 9.17) is 28.9 Å². The van der Waals surface area contributed by atoms with Crippen molar-refractivity contribution < 1.29 is 0 Å². The van der Waals surface area contributed by atoms with Crippen molar-refractivity contribution in [3.63, 3.8) is 0 Å². The summed E-state index contributed by atoms with van der Waals surface area (Å²) in [6.45, 7) is 2.03. The molecule has 1 aromatic carbocycles. The summed E-state index contributed by atoms with van der Waals surface area (Å²) < 4.78 is 0. The summed E-state index contributed by atoms with van der Waals surface area (Å²) in [5.74, 6) is 0. The van der Waals surface area contributed by atoms with E-state index in [2.05, 4.69) is 4.98 Å². The molecule has 1 heterocycles. The zero-order chi connectivity index (χ0) is 12.4. The van der Waals surface area contributed by atoms with Crippen LogP contribution in [0.4, 0.5) is 0 Å². The summed E-state index contributed by atoms with van der Waals surface area (Å²) in [5.41, 5.74) is 7.10. The van der Waals surface area contributed by atoms with Crippen molar-refractivity contribution in [3.8, 4) is 0 Å². The fourth-order valence-corrected chi connectivity index (χ4v) is 2.70. The van der Waals surface area contributed by atoms with Gasteiger partial charge in [-0.05, 0) is 24.6 Å². The summed E-state index contributed by atoms with van der Waals surface area (Å²) >= 11 is 13.5. The number of aryl methyl sites for hydroxylation is 1. The van der Waals surface area contributed by atoms with Crippen molar-refractivity contribution in [2.45, 2.75) is 19.4 Å². The highest BCUT2D eigenvalue weighted by Gasteiger charge is 2.11. The maximum Gasteiger partial charge on any atom is 0.0946 e. The number of nitrogens with two attached hydrogens (primary N) is 1. The van der Waals surface area contributed by atoms with Crippen LogP contribution < -0.4 is 5.73 Å². The van der Waals surface area contributed by atoms with Crippen LogP contribution in [0.25, 0.3) is 0 Å². The quantitative estimate of drug-likeness (QED) is 0.926. The minimum atomic E-state index is -0.102. The fraction of sp³-hybridized carbons (Fsp3) is 0.250. The Morgan fingerprint density at radius 1 is 1.35 bits per heavy atom. The molecule has 0 spiro atoms. The van der Waals surface area contributed by atoms with Crippen LogP contribution in [0, 0.1) is 6.92 Å². The normalized spacial score (nSPS) is 12.7. The first-order chi connectivity index (χ1) is 8.06. The monoisotopic (exact) mass is 286 g/mol. The Labute approximate surface area is 114 Å². The van der Waals surface area contributed by atoms with Gasteiger partial charge >= 0.3 is 0 Å². The van der Waals surface area contributed by atoms with E-state index in [1.807, 2.05) is 25.3 Å². The molecule has 90 valence electrons. The highest BCUT2D eigenvalue weighted by atomic mass is 35.5. The van der Waals surface area contributed by atoms with Crippen LogP contribution >= 0.6 is 34.5 Å². The molecule has 0 amide bonds. The molecule has 5 heteroatoms. The molecule has 0 aliphatic rings. The lowest BCUT2D eigenvalue weighted by Crippen LogP contribution is -2.13. The summed E-state index contributed by atoms with van der Waals surface area (Å²) in [6.07, 6.45) is 2.58. The van der Waals surface area contributed by atoms with Gasteiger partial charge in [0.05, 0.1) is 15.1 Å². The summed E-state index contributed by atoms with van der Waals surface area (Å²) in [4.78, 5) is 5.50. The Kier molecular flexibility index (Phi) is 4.05. The smallest absolute Gasteiger partial charge is 0.0946 e. The Balaban J connectivity index is 2.14. The molecular weight excluding hydrogens is 275 g/mol. The Bertz CT molecular complexity index is 525. The van der Waals surface area contributed by atoms with E-state index in [1.54, 1.807) is 17.4 Å². The predicted octanol–water partition coefficient (Wildman–Crippen LogP) is 4.00. The van der Waals surface area contributed by atoms with Crippen LogP contribution in [0.15, 0.2) is 24.4 Å². The second-order valence-corrected chi connectivity index (χ2v) is 5.98. The van der Waals surface area contributed by atoms with E-state index in [1.165, 1.54) is 4.88 Å². The number of hydrogen-bond acceptors (Lipinski definition) is 3. The number of nitrogens with zero attached hydrogens (tertiary/aromatic N) is 1. The number of thiazole rings is 1. The van der Waals surface area contributed by atoms with Crippen molar-refractivity contribution in [2.75, 3.05) is 0 Å². The van der Waals surface area contributed by atoms with Gasteiger partial charge in [0.25, 0.3) is 0 Å². The molecule has 17 heavy (non-hydrogen) atoms. The SMILES string of the molecule is Cc1cnc(CC(N)c2ccc(Cl)c(Cl)c2)s1. The average molecular weight is 287 g/mol. The molecule has 2 nitrogen and oxygen atoms in total. The Morgan fingerprint density at radius 2 is 2.12 bits per heavy atom. The largest absolute Gasteiger partial charge is 0.324 e. The van der Waals surface area contributed by atoms with Gasteiger partial charge in [0.2, 0.25) is 0 Å². The van der Waals surface area contributed by atoms with Crippen LogP contribution in [-0.2, 0) is 6.42 Å². The first-order valence-corrected chi connectivity index (χ1v) is 6.75. The highest BCUT2D eigenvalue weighted by molar-refractivity contribution is 7.11. The van der Waals surface area contributed by atoms with Gasteiger partial charge in [0.15, 0.2) is 0 Å². The molecule has 0 bridgehead atoms. The van der Waals surface area contributed by atoms with E-state index in [0.717, 1.165) is 17.0 Å². The molecule has 0 saturated carbocycles. The Morgan fingerprint density at radius 3 is 2.71 bits per heavy atom. The summed E-state index contributed by atoms with van der Waals surface area (Å²) in [5, 5.41) is 2.13. The third-order valence-electron chi connectivity index (χ3n) is 2.44. The standard InChI is InChI=1S/C12H12Cl2N2S/c1-7-6-16-12(17-7)5-11(15)8-2-3-9(13)10(14)4-8/h2-4,6,11H,5,15H2,1H3.